The average molecular weight is 410 g/mol. The summed E-state index contributed by atoms with van der Waals surface area (Å²) in [5.74, 6) is -1.20. The van der Waals surface area contributed by atoms with Crippen LogP contribution in [0, 0.1) is 11.8 Å². The summed E-state index contributed by atoms with van der Waals surface area (Å²) in [4.78, 5) is 0. The zero-order chi connectivity index (χ0) is 17.3. The van der Waals surface area contributed by atoms with Gasteiger partial charge in [0.2, 0.25) is 0 Å². The van der Waals surface area contributed by atoms with Crippen LogP contribution in [0.4, 0.5) is 0 Å². The van der Waals surface area contributed by atoms with Crippen LogP contribution in [-0.4, -0.2) is 114 Å². The summed E-state index contributed by atoms with van der Waals surface area (Å²) in [5, 5.41) is 79.7. The van der Waals surface area contributed by atoms with Crippen molar-refractivity contribution in [3.8, 4) is 0 Å². The maximum atomic E-state index is 10.1. The van der Waals surface area contributed by atoms with E-state index in [2.05, 4.69) is 0 Å². The molecule has 0 saturated heterocycles. The first-order chi connectivity index (χ1) is 10.8. The van der Waals surface area contributed by atoms with Crippen molar-refractivity contribution in [3.05, 3.63) is 0 Å². The largest absolute Gasteiger partial charge is 1.00 e. The molecule has 12 heteroatoms. The molecule has 0 bridgehead atoms. The Balaban J connectivity index is 0. The summed E-state index contributed by atoms with van der Waals surface area (Å²) in [6.07, 6.45) is -7.34. The van der Waals surface area contributed by atoms with E-state index in [1.54, 1.807) is 5.32 Å². The van der Waals surface area contributed by atoms with E-state index >= 15 is 0 Å². The molecule has 2 aliphatic rings. The molecule has 0 aromatic rings. The molecule has 160 valence electrons. The third kappa shape index (κ3) is 5.44. The van der Waals surface area contributed by atoms with Gasteiger partial charge in [0.1, 0.15) is 36.5 Å². The summed E-state index contributed by atoms with van der Waals surface area (Å²) in [6, 6.07) is -1.18. The van der Waals surface area contributed by atoms with E-state index in [1.165, 1.54) is 0 Å². The number of rotatable bonds is 4. The molecule has 10 atom stereocenters. The lowest BCUT2D eigenvalue weighted by Gasteiger charge is -2.43. The minimum Gasteiger partial charge on any atom is -1.00 e. The summed E-state index contributed by atoms with van der Waals surface area (Å²) in [6.45, 7) is -0.688. The van der Waals surface area contributed by atoms with Crippen LogP contribution in [-0.2, 0) is 0 Å². The van der Waals surface area contributed by atoms with Gasteiger partial charge in [-0.05, 0) is 0 Å². The van der Waals surface area contributed by atoms with Gasteiger partial charge in [0.05, 0.1) is 12.2 Å². The number of nitrogens with two attached hydrogens (primary N) is 1. The van der Waals surface area contributed by atoms with Crippen LogP contribution in [0.25, 0.3) is 0 Å². The number of aliphatic hydroxyl groups is 8. The molecule has 2 fully saturated rings. The van der Waals surface area contributed by atoms with Crippen molar-refractivity contribution in [2.75, 3.05) is 13.2 Å². The Labute approximate surface area is 156 Å². The molecular weight excluding hydrogens is 378 g/mol. The molecule has 14 N–H and O–H groups in total. The lowest BCUT2D eigenvalue weighted by molar-refractivity contribution is -0.742. The molecule has 0 amide bonds. The molecule has 0 unspecified atom stereocenters. The van der Waals surface area contributed by atoms with Crippen LogP contribution in [0.1, 0.15) is 12.8 Å². The third-order valence-electron chi connectivity index (χ3n) is 5.36. The van der Waals surface area contributed by atoms with Gasteiger partial charge < -0.3 is 69.5 Å². The first kappa shape index (κ1) is 28.1. The second-order valence-electron chi connectivity index (χ2n) is 6.82. The fourth-order valence-electron chi connectivity index (χ4n) is 3.79. The lowest BCUT2D eigenvalue weighted by atomic mass is 9.76. The predicted octanol–water partition coefficient (Wildman–Crippen LogP) is -10.2. The van der Waals surface area contributed by atoms with E-state index in [9.17, 15) is 40.9 Å². The van der Waals surface area contributed by atoms with Gasteiger partial charge in [0.15, 0.2) is 0 Å². The number of aliphatic hydroxyl groups excluding tert-OH is 8. The van der Waals surface area contributed by atoms with Crippen LogP contribution in [0.2, 0.25) is 0 Å². The fraction of sp³-hybridized carbons (Fsp3) is 1.00. The Bertz CT molecular complexity index is 357. The van der Waals surface area contributed by atoms with E-state index < -0.39 is 60.5 Å². The standard InChI is InChI=1S/C14H27NO8.ClH.2H2O/c16-3-5-1-7(11(20)13(22)9(5)18)15-8-2-6(4-17)10(19)14(23)12(8)21;;;/h5-23H,1-4H2;1H;2*1H2/t5-,6-,7+,8+,9-,10-,11+,12+,13+,14+;;;/m1.../s1. The molecule has 0 aromatic heterocycles. The Morgan fingerprint density at radius 3 is 1.15 bits per heavy atom. The highest BCUT2D eigenvalue weighted by atomic mass is 35.5. The van der Waals surface area contributed by atoms with Gasteiger partial charge in [0, 0.05) is 37.9 Å². The lowest BCUT2D eigenvalue weighted by Crippen LogP contribution is -3.01. The van der Waals surface area contributed by atoms with Crippen molar-refractivity contribution in [2.45, 2.75) is 61.5 Å². The summed E-state index contributed by atoms with van der Waals surface area (Å²) >= 11 is 0. The van der Waals surface area contributed by atoms with Gasteiger partial charge in [0.25, 0.3) is 0 Å². The van der Waals surface area contributed by atoms with Gasteiger partial charge in [-0.2, -0.15) is 0 Å². The van der Waals surface area contributed by atoms with E-state index in [-0.39, 0.29) is 49.4 Å². The number of quaternary nitrogens is 1. The quantitative estimate of drug-likeness (QED) is 0.215. The first-order valence-electron chi connectivity index (χ1n) is 7.96. The van der Waals surface area contributed by atoms with Crippen LogP contribution in [0.3, 0.4) is 0 Å². The minimum absolute atomic E-state index is 0. The van der Waals surface area contributed by atoms with E-state index in [1.807, 2.05) is 0 Å². The number of hydrogen-bond donors (Lipinski definition) is 9. The van der Waals surface area contributed by atoms with Gasteiger partial charge in [-0.1, -0.05) is 0 Å². The number of hydrogen-bond acceptors (Lipinski definition) is 8. The normalized spacial score (nSPS) is 45.7. The highest BCUT2D eigenvalue weighted by molar-refractivity contribution is 4.95. The fourth-order valence-corrected chi connectivity index (χ4v) is 3.79. The SMILES string of the molecule is O.O.OC[C@H]1C[C@H]([NH2+][C@H]2C[C@H](CO)[C@@H](O)[C@H](O)[C@H]2O)[C@H](O)[C@@H](O)[C@@H]1O.[Cl-]. The molecule has 0 spiro atoms. The molecular formula is C14H32ClNO10. The van der Waals surface area contributed by atoms with E-state index in [4.69, 9.17) is 0 Å². The molecule has 0 aliphatic heterocycles. The van der Waals surface area contributed by atoms with Crippen molar-refractivity contribution in [3.63, 3.8) is 0 Å². The van der Waals surface area contributed by atoms with Gasteiger partial charge in [-0.25, -0.2) is 0 Å². The van der Waals surface area contributed by atoms with Crippen LogP contribution in [0.15, 0.2) is 0 Å². The second kappa shape index (κ2) is 11.6. The molecule has 26 heavy (non-hydrogen) atoms. The molecule has 2 saturated carbocycles. The molecule has 0 aromatic carbocycles. The van der Waals surface area contributed by atoms with Crippen LogP contribution < -0.4 is 17.7 Å². The molecule has 0 radical (unpaired) electrons. The Hall–Kier alpha value is -0.150. The summed E-state index contributed by atoms with van der Waals surface area (Å²) < 4.78 is 0. The van der Waals surface area contributed by atoms with E-state index in [0.717, 1.165) is 0 Å². The minimum atomic E-state index is -1.41. The second-order valence-corrected chi connectivity index (χ2v) is 6.82. The maximum Gasteiger partial charge on any atom is 0.134 e. The van der Waals surface area contributed by atoms with Gasteiger partial charge in [-0.15, -0.1) is 0 Å². The van der Waals surface area contributed by atoms with Crippen LogP contribution in [0.5, 0.6) is 0 Å². The Kier molecular flexibility index (Phi) is 12.6. The van der Waals surface area contributed by atoms with Crippen molar-refractivity contribution in [1.82, 2.24) is 0 Å². The highest BCUT2D eigenvalue weighted by Gasteiger charge is 2.49. The monoisotopic (exact) mass is 409 g/mol. The molecule has 2 rings (SSSR count). The zero-order valence-corrected chi connectivity index (χ0v) is 14.9. The van der Waals surface area contributed by atoms with Crippen molar-refractivity contribution >= 4 is 0 Å². The summed E-state index contributed by atoms with van der Waals surface area (Å²) in [5.41, 5.74) is 0. The average Bonchev–Trinajstić information content (AvgIpc) is 2.55. The van der Waals surface area contributed by atoms with Crippen molar-refractivity contribution < 1.29 is 69.5 Å². The highest BCUT2D eigenvalue weighted by Crippen LogP contribution is 2.27. The van der Waals surface area contributed by atoms with E-state index in [0.29, 0.717) is 0 Å². The smallest absolute Gasteiger partial charge is 0.134 e. The topological polar surface area (TPSA) is 241 Å². The number of halogens is 1. The summed E-state index contributed by atoms with van der Waals surface area (Å²) in [7, 11) is 0. The third-order valence-corrected chi connectivity index (χ3v) is 5.36. The Morgan fingerprint density at radius 1 is 0.577 bits per heavy atom. The molecule has 11 nitrogen and oxygen atoms in total. The Morgan fingerprint density at radius 2 is 0.885 bits per heavy atom. The van der Waals surface area contributed by atoms with Crippen molar-refractivity contribution in [1.29, 1.82) is 0 Å². The molecule has 2 aliphatic carbocycles. The zero-order valence-electron chi connectivity index (χ0n) is 14.1. The predicted molar refractivity (Wildman–Crippen MR) is 83.2 cm³/mol. The first-order valence-corrected chi connectivity index (χ1v) is 7.96. The van der Waals surface area contributed by atoms with Gasteiger partial charge >= 0.3 is 0 Å². The van der Waals surface area contributed by atoms with Crippen molar-refractivity contribution in [2.24, 2.45) is 11.8 Å². The maximum absolute atomic E-state index is 10.1. The van der Waals surface area contributed by atoms with Crippen LogP contribution >= 0.6 is 0 Å². The molecule has 0 heterocycles. The van der Waals surface area contributed by atoms with Gasteiger partial charge in [-0.3, -0.25) is 0 Å².